The fourth-order valence-electron chi connectivity index (χ4n) is 2.93. The van der Waals surface area contributed by atoms with Crippen LogP contribution in [0, 0.1) is 0 Å². The molecular formula is C21H26N2O3. The normalized spacial score (nSPS) is 15.5. The van der Waals surface area contributed by atoms with Gasteiger partial charge in [0.2, 0.25) is 0 Å². The van der Waals surface area contributed by atoms with E-state index in [2.05, 4.69) is 10.6 Å². The second-order valence-electron chi connectivity index (χ2n) is 5.62. The van der Waals surface area contributed by atoms with Crippen LogP contribution in [0.5, 0.6) is 0 Å². The predicted octanol–water partition coefficient (Wildman–Crippen LogP) is 4.88. The molecule has 1 aliphatic heterocycles. The van der Waals surface area contributed by atoms with Crippen LogP contribution in [0.4, 0.5) is 10.5 Å². The van der Waals surface area contributed by atoms with Crippen molar-refractivity contribution in [1.29, 1.82) is 0 Å². The van der Waals surface area contributed by atoms with Gasteiger partial charge in [0.15, 0.2) is 0 Å². The Labute approximate surface area is 154 Å². The van der Waals surface area contributed by atoms with Gasteiger partial charge in [-0.15, -0.1) is 0 Å². The molecule has 0 saturated carbocycles. The molecule has 0 saturated heterocycles. The number of anilines is 1. The third-order valence-electron chi connectivity index (χ3n) is 4.05. The van der Waals surface area contributed by atoms with Crippen LogP contribution in [-0.2, 0) is 6.42 Å². The van der Waals surface area contributed by atoms with Crippen molar-refractivity contribution in [2.75, 3.05) is 5.32 Å². The number of urea groups is 1. The van der Waals surface area contributed by atoms with Gasteiger partial charge in [-0.25, -0.2) is 9.59 Å². The van der Waals surface area contributed by atoms with Gasteiger partial charge >= 0.3 is 11.7 Å². The Morgan fingerprint density at radius 2 is 1.81 bits per heavy atom. The van der Waals surface area contributed by atoms with E-state index in [-0.39, 0.29) is 6.03 Å². The van der Waals surface area contributed by atoms with Crippen molar-refractivity contribution in [3.8, 4) is 0 Å². The molecule has 0 aliphatic carbocycles. The molecule has 1 unspecified atom stereocenters. The minimum atomic E-state index is -0.522. The highest BCUT2D eigenvalue weighted by Crippen LogP contribution is 2.34. The first kappa shape index (κ1) is 19.5. The van der Waals surface area contributed by atoms with Crippen LogP contribution in [-0.4, -0.2) is 6.03 Å². The first-order valence-electron chi connectivity index (χ1n) is 9.14. The fraction of sp³-hybridized carbons (Fsp3) is 0.333. The number of fused-ring (bicyclic) bond motifs is 1. The number of amides is 2. The van der Waals surface area contributed by atoms with Crippen molar-refractivity contribution in [3.63, 3.8) is 0 Å². The lowest BCUT2D eigenvalue weighted by Gasteiger charge is -2.28. The number of carbonyl (C=O) groups excluding carboxylic acids is 1. The zero-order chi connectivity index (χ0) is 19.1. The van der Waals surface area contributed by atoms with Gasteiger partial charge in [-0.2, -0.15) is 0 Å². The van der Waals surface area contributed by atoms with Crippen molar-refractivity contribution in [2.24, 2.45) is 0 Å². The van der Waals surface area contributed by atoms with Crippen molar-refractivity contribution >= 4 is 17.8 Å². The largest absolute Gasteiger partial charge is 0.427 e. The van der Waals surface area contributed by atoms with Crippen LogP contribution < -0.4 is 16.3 Å². The molecule has 26 heavy (non-hydrogen) atoms. The Hall–Kier alpha value is -2.82. The maximum Gasteiger partial charge on any atom is 0.343 e. The lowest BCUT2D eigenvalue weighted by Crippen LogP contribution is -2.41. The van der Waals surface area contributed by atoms with Crippen LogP contribution in [0.15, 0.2) is 45.6 Å². The first-order valence-corrected chi connectivity index (χ1v) is 9.14. The topological polar surface area (TPSA) is 71.3 Å². The van der Waals surface area contributed by atoms with Crippen LogP contribution in [0.1, 0.15) is 62.6 Å². The molecular weight excluding hydrogens is 328 g/mol. The highest BCUT2D eigenvalue weighted by molar-refractivity contribution is 5.96. The number of hydrogen-bond acceptors (Lipinski definition) is 3. The van der Waals surface area contributed by atoms with Gasteiger partial charge in [0.25, 0.3) is 0 Å². The Bertz CT molecular complexity index is 838. The SMILES string of the molecule is CC.CC/C=C\c1c(CC)oc(=O)c2c1NC(=O)NC2c1ccccc1. The van der Waals surface area contributed by atoms with E-state index >= 15 is 0 Å². The molecule has 1 aromatic heterocycles. The van der Waals surface area contributed by atoms with Gasteiger partial charge in [-0.3, -0.25) is 0 Å². The second kappa shape index (κ2) is 9.04. The van der Waals surface area contributed by atoms with Gasteiger partial charge < -0.3 is 15.1 Å². The highest BCUT2D eigenvalue weighted by atomic mass is 16.4. The van der Waals surface area contributed by atoms with E-state index in [9.17, 15) is 9.59 Å². The van der Waals surface area contributed by atoms with Crippen LogP contribution in [0.25, 0.3) is 6.08 Å². The number of allylic oxidation sites excluding steroid dienone is 1. The molecule has 138 valence electrons. The minimum absolute atomic E-state index is 0.324. The smallest absolute Gasteiger partial charge is 0.343 e. The monoisotopic (exact) mass is 354 g/mol. The summed E-state index contributed by atoms with van der Waals surface area (Å²) in [6, 6.07) is 8.57. The maximum absolute atomic E-state index is 12.6. The molecule has 2 N–H and O–H groups in total. The molecule has 3 rings (SSSR count). The summed E-state index contributed by atoms with van der Waals surface area (Å²) in [6.07, 6.45) is 5.32. The molecule has 0 bridgehead atoms. The van der Waals surface area contributed by atoms with Gasteiger partial charge in [0, 0.05) is 12.0 Å². The average molecular weight is 354 g/mol. The molecule has 5 nitrogen and oxygen atoms in total. The third kappa shape index (κ3) is 3.87. The van der Waals surface area contributed by atoms with E-state index in [0.717, 1.165) is 17.5 Å². The van der Waals surface area contributed by atoms with E-state index in [1.165, 1.54) is 0 Å². The molecule has 0 fully saturated rings. The number of benzene rings is 1. The highest BCUT2D eigenvalue weighted by Gasteiger charge is 2.32. The van der Waals surface area contributed by atoms with Gasteiger partial charge in [-0.1, -0.05) is 70.2 Å². The summed E-state index contributed by atoms with van der Waals surface area (Å²) in [5, 5.41) is 5.61. The quantitative estimate of drug-likeness (QED) is 0.822. The zero-order valence-corrected chi connectivity index (χ0v) is 15.8. The van der Waals surface area contributed by atoms with Crippen LogP contribution in [0.3, 0.4) is 0 Å². The van der Waals surface area contributed by atoms with Crippen molar-refractivity contribution in [3.05, 3.63) is 69.3 Å². The number of hydrogen-bond donors (Lipinski definition) is 2. The first-order chi connectivity index (χ1) is 12.7. The number of carbonyl (C=O) groups is 1. The summed E-state index contributed by atoms with van der Waals surface area (Å²) in [4.78, 5) is 24.7. The number of rotatable bonds is 4. The van der Waals surface area contributed by atoms with Crippen molar-refractivity contribution in [1.82, 2.24) is 5.32 Å². The third-order valence-corrected chi connectivity index (χ3v) is 4.05. The average Bonchev–Trinajstić information content (AvgIpc) is 2.68. The molecule has 5 heteroatoms. The van der Waals surface area contributed by atoms with Gasteiger partial charge in [0.1, 0.15) is 5.76 Å². The van der Waals surface area contributed by atoms with Crippen molar-refractivity contribution < 1.29 is 9.21 Å². The maximum atomic E-state index is 12.6. The molecule has 2 amide bonds. The molecule has 1 atom stereocenters. The number of nitrogens with one attached hydrogen (secondary N) is 2. The molecule has 1 aromatic carbocycles. The van der Waals surface area contributed by atoms with E-state index in [0.29, 0.717) is 23.4 Å². The molecule has 0 radical (unpaired) electrons. The Morgan fingerprint density at radius 1 is 1.12 bits per heavy atom. The summed E-state index contributed by atoms with van der Waals surface area (Å²) < 4.78 is 5.54. The van der Waals surface area contributed by atoms with Gasteiger partial charge in [-0.05, 0) is 12.0 Å². The summed E-state index contributed by atoms with van der Waals surface area (Å²) in [6.45, 7) is 7.95. The van der Waals surface area contributed by atoms with E-state index in [4.69, 9.17) is 4.42 Å². The lowest BCUT2D eigenvalue weighted by atomic mass is 9.94. The summed E-state index contributed by atoms with van der Waals surface area (Å²) in [7, 11) is 0. The zero-order valence-electron chi connectivity index (χ0n) is 15.8. The summed E-state index contributed by atoms with van der Waals surface area (Å²) >= 11 is 0. The van der Waals surface area contributed by atoms with Crippen molar-refractivity contribution in [2.45, 2.75) is 46.6 Å². The lowest BCUT2D eigenvalue weighted by molar-refractivity contribution is 0.248. The van der Waals surface area contributed by atoms with E-state index in [1.807, 2.05) is 70.2 Å². The molecule has 2 heterocycles. The van der Waals surface area contributed by atoms with Crippen LogP contribution in [0.2, 0.25) is 0 Å². The molecule has 0 spiro atoms. The Morgan fingerprint density at radius 3 is 2.42 bits per heavy atom. The van der Waals surface area contributed by atoms with Gasteiger partial charge in [0.05, 0.1) is 17.3 Å². The predicted molar refractivity (Wildman–Crippen MR) is 105 cm³/mol. The Balaban J connectivity index is 0.00000117. The Kier molecular flexibility index (Phi) is 6.78. The second-order valence-corrected chi connectivity index (χ2v) is 5.62. The molecule has 1 aliphatic rings. The fourth-order valence-corrected chi connectivity index (χ4v) is 2.93. The van der Waals surface area contributed by atoms with E-state index in [1.54, 1.807) is 0 Å². The summed E-state index contributed by atoms with van der Waals surface area (Å²) in [5.74, 6) is 0.581. The van der Waals surface area contributed by atoms with E-state index < -0.39 is 11.7 Å². The minimum Gasteiger partial charge on any atom is -0.427 e. The van der Waals surface area contributed by atoms with Crippen LogP contribution >= 0.6 is 0 Å². The number of aryl methyl sites for hydroxylation is 1. The standard InChI is InChI=1S/C19H20N2O3.C2H6/c1-3-5-11-13-14(4-2)24-18(22)15-16(12-9-7-6-8-10-12)20-19(23)21-17(13)15;1-2/h5-11,16H,3-4H2,1-2H3,(H2,20,21,23);1-2H3/b11-5-;. The molecule has 2 aromatic rings. The summed E-state index contributed by atoms with van der Waals surface area (Å²) in [5.41, 5.74) is 2.18.